The number of fused-ring (bicyclic) bond motifs is 1. The molecule has 0 spiro atoms. The van der Waals surface area contributed by atoms with E-state index in [1.807, 2.05) is 44.3 Å². The van der Waals surface area contributed by atoms with Crippen LogP contribution in [0, 0.1) is 29.6 Å². The van der Waals surface area contributed by atoms with Crippen LogP contribution in [0.15, 0.2) is 35.5 Å². The van der Waals surface area contributed by atoms with Gasteiger partial charge in [0.25, 0.3) is 0 Å². The van der Waals surface area contributed by atoms with E-state index in [-0.39, 0.29) is 35.9 Å². The predicted molar refractivity (Wildman–Crippen MR) is 167 cm³/mol. The third-order valence-electron chi connectivity index (χ3n) is 7.69. The second-order valence-electron chi connectivity index (χ2n) is 12.5. The van der Waals surface area contributed by atoms with Crippen LogP contribution < -0.4 is 22.5 Å². The summed E-state index contributed by atoms with van der Waals surface area (Å²) in [7, 11) is 0. The molecule has 2 aromatic rings. The average Bonchev–Trinajstić information content (AvgIpc) is 3.30. The first-order chi connectivity index (χ1) is 19.4. The molecule has 2 amide bonds. The fourth-order valence-corrected chi connectivity index (χ4v) is 5.46. The van der Waals surface area contributed by atoms with Crippen molar-refractivity contribution in [3.05, 3.63) is 36.0 Å². The molecule has 2 rings (SSSR count). The van der Waals surface area contributed by atoms with Crippen LogP contribution >= 0.6 is 0 Å². The number of hydrogen-bond donors (Lipinski definition) is 5. The number of nitrogens with one attached hydrogen (secondary N) is 2. The van der Waals surface area contributed by atoms with E-state index < -0.39 is 17.9 Å². The topological polar surface area (TPSA) is 169 Å². The number of rotatable bonds is 19. The van der Waals surface area contributed by atoms with Gasteiger partial charge in [-0.2, -0.15) is 0 Å². The van der Waals surface area contributed by atoms with Crippen molar-refractivity contribution >= 4 is 34.5 Å². The van der Waals surface area contributed by atoms with Crippen molar-refractivity contribution in [2.75, 3.05) is 6.54 Å². The first-order valence-corrected chi connectivity index (χ1v) is 15.1. The molecule has 1 unspecified atom stereocenters. The van der Waals surface area contributed by atoms with Crippen molar-refractivity contribution in [3.8, 4) is 0 Å². The number of carbonyl (C=O) groups excluding carboxylic acids is 3. The fraction of sp³-hybridized carbons (Fsp3) is 0.625. The largest absolute Gasteiger partial charge is 0.370 e. The Labute approximate surface area is 245 Å². The zero-order chi connectivity index (χ0) is 30.5. The summed E-state index contributed by atoms with van der Waals surface area (Å²) < 4.78 is 0. The molecule has 1 aromatic carbocycles. The number of nitrogens with zero attached hydrogens (tertiary/aromatic N) is 1. The molecule has 0 saturated carbocycles. The lowest BCUT2D eigenvalue weighted by Gasteiger charge is -2.26. The standard InChI is InChI=1S/C32H52N6O3/c1-20(2)15-23(13-12-22(5)9-8-14-36-32(34)35)31(41)38-28(16-21(3)4)29(39)18-24(30(33)40)17-25-19-37-27-11-7-6-10-26(25)27/h6-7,10-11,19-24,28,37H,8-9,12-18H2,1-5H3,(H2,33,40)(H,38,41)(H4,34,35,36)/t22-,23-,24?,28-/m0/s1. The lowest BCUT2D eigenvalue weighted by molar-refractivity contribution is -0.132. The van der Waals surface area contributed by atoms with E-state index in [2.05, 4.69) is 36.1 Å². The van der Waals surface area contributed by atoms with Gasteiger partial charge in [-0.1, -0.05) is 52.8 Å². The summed E-state index contributed by atoms with van der Waals surface area (Å²) in [5.74, 6) is -0.501. The number of Topliss-reactive ketones (excluding diaryl/α,β-unsaturated/α-hetero) is 1. The number of nitrogens with two attached hydrogens (primary N) is 3. The number of para-hydroxylation sites is 1. The third kappa shape index (κ3) is 12.0. The van der Waals surface area contributed by atoms with Crippen molar-refractivity contribution in [1.29, 1.82) is 0 Å². The van der Waals surface area contributed by atoms with Gasteiger partial charge < -0.3 is 27.5 Å². The maximum absolute atomic E-state index is 13.6. The second-order valence-corrected chi connectivity index (χ2v) is 12.5. The maximum Gasteiger partial charge on any atom is 0.223 e. The normalized spacial score (nSPS) is 14.5. The average molecular weight is 569 g/mol. The summed E-state index contributed by atoms with van der Waals surface area (Å²) in [4.78, 5) is 46.8. The fourth-order valence-electron chi connectivity index (χ4n) is 5.46. The molecule has 228 valence electrons. The molecule has 0 aliphatic rings. The number of amides is 2. The van der Waals surface area contributed by atoms with E-state index in [9.17, 15) is 14.4 Å². The summed E-state index contributed by atoms with van der Waals surface area (Å²) in [5.41, 5.74) is 18.5. The number of aromatic amines is 1. The van der Waals surface area contributed by atoms with E-state index in [0.717, 1.165) is 48.6 Å². The lowest BCUT2D eigenvalue weighted by Crippen LogP contribution is -2.46. The quantitative estimate of drug-likeness (QED) is 0.0957. The molecular weight excluding hydrogens is 516 g/mol. The number of aliphatic imine (C=N–C) groups is 1. The van der Waals surface area contributed by atoms with Crippen LogP contribution in [0.2, 0.25) is 0 Å². The summed E-state index contributed by atoms with van der Waals surface area (Å²) in [6.45, 7) is 11.1. The minimum Gasteiger partial charge on any atom is -0.370 e. The van der Waals surface area contributed by atoms with Crippen LogP contribution in [0.25, 0.3) is 10.9 Å². The van der Waals surface area contributed by atoms with Crippen molar-refractivity contribution in [2.24, 2.45) is 51.8 Å². The number of hydrogen-bond acceptors (Lipinski definition) is 4. The highest BCUT2D eigenvalue weighted by Gasteiger charge is 2.30. The molecule has 9 heteroatoms. The molecule has 41 heavy (non-hydrogen) atoms. The molecule has 4 atom stereocenters. The number of aromatic nitrogens is 1. The number of H-pyrrole nitrogens is 1. The molecule has 8 N–H and O–H groups in total. The van der Waals surface area contributed by atoms with E-state index in [1.54, 1.807) is 0 Å². The Morgan fingerprint density at radius 1 is 0.902 bits per heavy atom. The van der Waals surface area contributed by atoms with Crippen LogP contribution in [0.1, 0.15) is 85.1 Å². The molecule has 0 fully saturated rings. The highest BCUT2D eigenvalue weighted by Crippen LogP contribution is 2.25. The Morgan fingerprint density at radius 3 is 2.22 bits per heavy atom. The number of primary amides is 1. The SMILES string of the molecule is CC(C)C[C@H](CC[C@@H](C)CCCN=C(N)N)C(=O)N[C@@H](CC(C)C)C(=O)CC(Cc1c[nH]c2ccccc12)C(N)=O. The van der Waals surface area contributed by atoms with Crippen molar-refractivity contribution in [2.45, 2.75) is 92.0 Å². The third-order valence-corrected chi connectivity index (χ3v) is 7.69. The van der Waals surface area contributed by atoms with Gasteiger partial charge in [-0.05, 0) is 74.3 Å². The molecule has 0 saturated heterocycles. The van der Waals surface area contributed by atoms with Gasteiger partial charge in [0.05, 0.1) is 6.04 Å². The predicted octanol–water partition coefficient (Wildman–Crippen LogP) is 4.43. The molecule has 0 bridgehead atoms. The van der Waals surface area contributed by atoms with Gasteiger partial charge in [-0.25, -0.2) is 0 Å². The van der Waals surface area contributed by atoms with Crippen molar-refractivity contribution in [3.63, 3.8) is 0 Å². The summed E-state index contributed by atoms with van der Waals surface area (Å²) in [5, 5.41) is 4.10. The first-order valence-electron chi connectivity index (χ1n) is 15.1. The van der Waals surface area contributed by atoms with Gasteiger partial charge in [-0.3, -0.25) is 19.4 Å². The number of benzene rings is 1. The molecule has 0 aliphatic heterocycles. The molecular formula is C32H52N6O3. The van der Waals surface area contributed by atoms with Gasteiger partial charge in [0, 0.05) is 41.9 Å². The Kier molecular flexibility index (Phi) is 13.9. The molecule has 1 heterocycles. The zero-order valence-corrected chi connectivity index (χ0v) is 25.6. The minimum absolute atomic E-state index is 0.00577. The Hall–Kier alpha value is -3.36. The van der Waals surface area contributed by atoms with E-state index in [1.165, 1.54) is 0 Å². The first kappa shape index (κ1) is 33.8. The van der Waals surface area contributed by atoms with Crippen LogP contribution in [-0.4, -0.2) is 41.1 Å². The minimum atomic E-state index is -0.654. The van der Waals surface area contributed by atoms with Gasteiger partial charge in [0.1, 0.15) is 0 Å². The van der Waals surface area contributed by atoms with Gasteiger partial charge >= 0.3 is 0 Å². The van der Waals surface area contributed by atoms with E-state index in [4.69, 9.17) is 17.2 Å². The second kappa shape index (κ2) is 16.8. The Bertz CT molecular complexity index is 1150. The smallest absolute Gasteiger partial charge is 0.223 e. The zero-order valence-electron chi connectivity index (χ0n) is 25.6. The highest BCUT2D eigenvalue weighted by molar-refractivity contribution is 5.93. The summed E-state index contributed by atoms with van der Waals surface area (Å²) in [6, 6.07) is 7.19. The Balaban J connectivity index is 2.07. The summed E-state index contributed by atoms with van der Waals surface area (Å²) in [6.07, 6.45) is 7.02. The van der Waals surface area contributed by atoms with E-state index >= 15 is 0 Å². The van der Waals surface area contributed by atoms with Crippen LogP contribution in [0.3, 0.4) is 0 Å². The summed E-state index contributed by atoms with van der Waals surface area (Å²) >= 11 is 0. The molecule has 0 aliphatic carbocycles. The maximum atomic E-state index is 13.6. The van der Waals surface area contributed by atoms with Gasteiger partial charge in [0.2, 0.25) is 11.8 Å². The van der Waals surface area contributed by atoms with Crippen LogP contribution in [-0.2, 0) is 20.8 Å². The van der Waals surface area contributed by atoms with Crippen molar-refractivity contribution in [1.82, 2.24) is 10.3 Å². The molecule has 1 aromatic heterocycles. The van der Waals surface area contributed by atoms with Crippen LogP contribution in [0.5, 0.6) is 0 Å². The number of ketones is 1. The number of guanidine groups is 1. The molecule has 0 radical (unpaired) electrons. The lowest BCUT2D eigenvalue weighted by atomic mass is 9.86. The van der Waals surface area contributed by atoms with Crippen molar-refractivity contribution < 1.29 is 14.4 Å². The van der Waals surface area contributed by atoms with Gasteiger partial charge in [0.15, 0.2) is 11.7 Å². The highest BCUT2D eigenvalue weighted by atomic mass is 16.2. The van der Waals surface area contributed by atoms with Crippen LogP contribution in [0.4, 0.5) is 0 Å². The van der Waals surface area contributed by atoms with E-state index in [0.29, 0.717) is 31.2 Å². The Morgan fingerprint density at radius 2 is 1.59 bits per heavy atom. The monoisotopic (exact) mass is 568 g/mol. The van der Waals surface area contributed by atoms with Gasteiger partial charge in [-0.15, -0.1) is 0 Å². The number of carbonyl (C=O) groups is 3. The molecule has 9 nitrogen and oxygen atoms in total.